The first-order valence-corrected chi connectivity index (χ1v) is 3.30. The Bertz CT molecular complexity index is 208. The van der Waals surface area contributed by atoms with Crippen molar-refractivity contribution in [3.8, 4) is 0 Å². The van der Waals surface area contributed by atoms with Crippen molar-refractivity contribution >= 4 is 17.6 Å². The lowest BCUT2D eigenvalue weighted by Crippen LogP contribution is -2.29. The van der Waals surface area contributed by atoms with Gasteiger partial charge in [0.25, 0.3) is 0 Å². The van der Waals surface area contributed by atoms with E-state index in [1.807, 2.05) is 0 Å². The summed E-state index contributed by atoms with van der Waals surface area (Å²) in [5, 5.41) is 8.58. The van der Waals surface area contributed by atoms with Gasteiger partial charge in [-0.05, 0) is 6.42 Å². The van der Waals surface area contributed by atoms with Gasteiger partial charge in [-0.1, -0.05) is 24.3 Å². The Morgan fingerprint density at radius 3 is 2.60 bits per heavy atom. The van der Waals surface area contributed by atoms with Gasteiger partial charge < -0.3 is 5.11 Å². The predicted molar refractivity (Wildman–Crippen MR) is 39.1 cm³/mol. The van der Waals surface area contributed by atoms with E-state index in [0.29, 0.717) is 6.42 Å². The molecule has 0 aromatic heterocycles. The molecule has 0 aliphatic heterocycles. The number of alkyl halides is 1. The zero-order valence-corrected chi connectivity index (χ0v) is 6.01. The second-order valence-corrected chi connectivity index (χ2v) is 2.83. The number of rotatable bonds is 1. The van der Waals surface area contributed by atoms with E-state index in [9.17, 15) is 4.79 Å². The molecule has 1 unspecified atom stereocenters. The highest BCUT2D eigenvalue weighted by Crippen LogP contribution is 2.25. The van der Waals surface area contributed by atoms with Crippen molar-refractivity contribution < 1.29 is 9.90 Å². The lowest BCUT2D eigenvalue weighted by Gasteiger charge is -2.17. The zero-order chi connectivity index (χ0) is 7.61. The monoisotopic (exact) mass is 158 g/mol. The maximum absolute atomic E-state index is 10.5. The first-order valence-electron chi connectivity index (χ1n) is 2.92. The van der Waals surface area contributed by atoms with Crippen molar-refractivity contribution in [2.75, 3.05) is 0 Å². The van der Waals surface area contributed by atoms with Crippen molar-refractivity contribution in [3.05, 3.63) is 24.3 Å². The molecule has 0 fully saturated rings. The van der Waals surface area contributed by atoms with Gasteiger partial charge in [0.2, 0.25) is 0 Å². The number of allylic oxidation sites excluding steroid dienone is 3. The van der Waals surface area contributed by atoms with Gasteiger partial charge in [-0.2, -0.15) is 0 Å². The number of halogens is 1. The van der Waals surface area contributed by atoms with E-state index in [-0.39, 0.29) is 0 Å². The van der Waals surface area contributed by atoms with E-state index < -0.39 is 10.8 Å². The molecule has 3 heteroatoms. The van der Waals surface area contributed by atoms with Crippen LogP contribution in [0.25, 0.3) is 0 Å². The van der Waals surface area contributed by atoms with Crippen molar-refractivity contribution in [2.24, 2.45) is 0 Å². The lowest BCUT2D eigenvalue weighted by atomic mass is 10.0. The third-order valence-electron chi connectivity index (χ3n) is 1.38. The van der Waals surface area contributed by atoms with Crippen molar-refractivity contribution in [1.82, 2.24) is 0 Å². The van der Waals surface area contributed by atoms with Crippen LogP contribution in [0.4, 0.5) is 0 Å². The topological polar surface area (TPSA) is 37.3 Å². The summed E-state index contributed by atoms with van der Waals surface area (Å²) in [4.78, 5) is 9.26. The summed E-state index contributed by atoms with van der Waals surface area (Å²) in [7, 11) is 0. The Labute approximate surface area is 63.8 Å². The first kappa shape index (κ1) is 7.35. The number of carbonyl (C=O) groups is 1. The van der Waals surface area contributed by atoms with Gasteiger partial charge in [0.05, 0.1) is 0 Å². The van der Waals surface area contributed by atoms with Gasteiger partial charge in [-0.3, -0.25) is 0 Å². The summed E-state index contributed by atoms with van der Waals surface area (Å²) >= 11 is 5.67. The molecule has 2 nitrogen and oxygen atoms in total. The smallest absolute Gasteiger partial charge is 0.329 e. The Kier molecular flexibility index (Phi) is 1.81. The molecule has 54 valence electrons. The molecule has 0 radical (unpaired) electrons. The first-order chi connectivity index (χ1) is 4.65. The molecular formula is C7H7ClO2. The third kappa shape index (κ3) is 1.21. The second-order valence-electron chi connectivity index (χ2n) is 2.16. The molecule has 0 aromatic carbocycles. The van der Waals surface area contributed by atoms with E-state index in [2.05, 4.69) is 0 Å². The van der Waals surface area contributed by atoms with Crippen LogP contribution in [0.15, 0.2) is 24.3 Å². The molecule has 0 saturated carbocycles. The van der Waals surface area contributed by atoms with Crippen LogP contribution in [0.2, 0.25) is 0 Å². The summed E-state index contributed by atoms with van der Waals surface area (Å²) in [5.41, 5.74) is 0. The van der Waals surface area contributed by atoms with E-state index in [0.717, 1.165) is 0 Å². The fraction of sp³-hybridized carbons (Fsp3) is 0.286. The SMILES string of the molecule is O=C(O)C1(Cl)C=CC=CC1. The van der Waals surface area contributed by atoms with Crippen molar-refractivity contribution in [3.63, 3.8) is 0 Å². The summed E-state index contributed by atoms with van der Waals surface area (Å²) in [6, 6.07) is 0. The molecule has 0 heterocycles. The minimum atomic E-state index is -1.20. The molecular weight excluding hydrogens is 152 g/mol. The minimum Gasteiger partial charge on any atom is -0.480 e. The van der Waals surface area contributed by atoms with Crippen LogP contribution in [-0.4, -0.2) is 16.0 Å². The minimum absolute atomic E-state index is 0.361. The maximum Gasteiger partial charge on any atom is 0.329 e. The standard InChI is InChI=1S/C7H7ClO2/c8-7(6(9)10)4-2-1-3-5-7/h1-4H,5H2,(H,9,10). The van der Waals surface area contributed by atoms with Crippen LogP contribution < -0.4 is 0 Å². The van der Waals surface area contributed by atoms with E-state index in [1.165, 1.54) is 6.08 Å². The van der Waals surface area contributed by atoms with Gasteiger partial charge in [0, 0.05) is 0 Å². The second kappa shape index (κ2) is 2.46. The Morgan fingerprint density at radius 1 is 1.60 bits per heavy atom. The van der Waals surface area contributed by atoms with Crippen LogP contribution >= 0.6 is 11.6 Å². The maximum atomic E-state index is 10.5. The van der Waals surface area contributed by atoms with E-state index >= 15 is 0 Å². The Morgan fingerprint density at radius 2 is 2.30 bits per heavy atom. The molecule has 1 atom stereocenters. The normalized spacial score (nSPS) is 30.5. The molecule has 0 saturated heterocycles. The van der Waals surface area contributed by atoms with Crippen molar-refractivity contribution in [1.29, 1.82) is 0 Å². The highest BCUT2D eigenvalue weighted by Gasteiger charge is 2.32. The number of hydrogen-bond acceptors (Lipinski definition) is 1. The summed E-state index contributed by atoms with van der Waals surface area (Å²) < 4.78 is 0. The Hall–Kier alpha value is -0.760. The van der Waals surface area contributed by atoms with Crippen LogP contribution in [0.1, 0.15) is 6.42 Å². The largest absolute Gasteiger partial charge is 0.480 e. The van der Waals surface area contributed by atoms with Gasteiger partial charge in [-0.25, -0.2) is 4.79 Å². The fourth-order valence-electron chi connectivity index (χ4n) is 0.753. The fourth-order valence-corrected chi connectivity index (χ4v) is 0.915. The van der Waals surface area contributed by atoms with Gasteiger partial charge >= 0.3 is 5.97 Å². The molecule has 0 spiro atoms. The average Bonchev–Trinajstić information content (AvgIpc) is 1.89. The average molecular weight is 159 g/mol. The van der Waals surface area contributed by atoms with Crippen LogP contribution in [0, 0.1) is 0 Å². The predicted octanol–water partition coefficient (Wildman–Crippen LogP) is 1.56. The van der Waals surface area contributed by atoms with Gasteiger partial charge in [-0.15, -0.1) is 11.6 Å². The summed E-state index contributed by atoms with van der Waals surface area (Å²) in [6.45, 7) is 0. The molecule has 0 amide bonds. The van der Waals surface area contributed by atoms with Crippen LogP contribution in [0.3, 0.4) is 0 Å². The number of hydrogen-bond donors (Lipinski definition) is 1. The van der Waals surface area contributed by atoms with E-state index in [4.69, 9.17) is 16.7 Å². The summed E-state index contributed by atoms with van der Waals surface area (Å²) in [5.74, 6) is -0.991. The molecule has 1 N–H and O–H groups in total. The number of carboxylic acid groups (broad SMARTS) is 1. The number of carboxylic acids is 1. The molecule has 0 bridgehead atoms. The van der Waals surface area contributed by atoms with Crippen LogP contribution in [-0.2, 0) is 4.79 Å². The molecule has 1 rings (SSSR count). The quantitative estimate of drug-likeness (QED) is 0.588. The van der Waals surface area contributed by atoms with E-state index in [1.54, 1.807) is 18.2 Å². The highest BCUT2D eigenvalue weighted by molar-refractivity contribution is 6.35. The van der Waals surface area contributed by atoms with Crippen molar-refractivity contribution in [2.45, 2.75) is 11.3 Å². The number of aliphatic carboxylic acids is 1. The molecule has 10 heavy (non-hydrogen) atoms. The lowest BCUT2D eigenvalue weighted by molar-refractivity contribution is -0.138. The van der Waals surface area contributed by atoms with Gasteiger partial charge in [0.1, 0.15) is 0 Å². The summed E-state index contributed by atoms with van der Waals surface area (Å²) in [6.07, 6.45) is 7.01. The highest BCUT2D eigenvalue weighted by atomic mass is 35.5. The third-order valence-corrected chi connectivity index (χ3v) is 1.82. The van der Waals surface area contributed by atoms with Gasteiger partial charge in [0.15, 0.2) is 4.87 Å². The Balaban J connectivity index is 2.80. The van der Waals surface area contributed by atoms with Crippen LogP contribution in [0.5, 0.6) is 0 Å². The molecule has 1 aliphatic carbocycles. The molecule has 0 aromatic rings. The molecule has 1 aliphatic rings. The zero-order valence-electron chi connectivity index (χ0n) is 5.25.